The molecule has 2 aliphatic rings. The molecule has 1 unspecified atom stereocenters. The molecule has 2 fully saturated rings. The molecule has 0 aromatic heterocycles. The standard InChI is InChI=1S/C14H27N3O/c1-12(2)16-8-3-9-17(11-10-16)13-4-5-14(18)15-7-6-13/h12-13H,3-11H2,1-2H3,(H,15,18). The smallest absolute Gasteiger partial charge is 0.220 e. The zero-order valence-corrected chi connectivity index (χ0v) is 11.8. The molecule has 2 rings (SSSR count). The van der Waals surface area contributed by atoms with E-state index in [0.717, 1.165) is 25.9 Å². The highest BCUT2D eigenvalue weighted by molar-refractivity contribution is 5.76. The largest absolute Gasteiger partial charge is 0.356 e. The zero-order chi connectivity index (χ0) is 13.0. The van der Waals surface area contributed by atoms with Crippen LogP contribution >= 0.6 is 0 Å². The molecule has 18 heavy (non-hydrogen) atoms. The lowest BCUT2D eigenvalue weighted by molar-refractivity contribution is -0.120. The second-order valence-electron chi connectivity index (χ2n) is 5.85. The zero-order valence-electron chi connectivity index (χ0n) is 11.8. The maximum absolute atomic E-state index is 11.4. The number of amides is 1. The van der Waals surface area contributed by atoms with Gasteiger partial charge >= 0.3 is 0 Å². The van der Waals surface area contributed by atoms with Gasteiger partial charge in [0.2, 0.25) is 5.91 Å². The predicted molar refractivity (Wildman–Crippen MR) is 73.5 cm³/mol. The fourth-order valence-electron chi connectivity index (χ4n) is 3.11. The van der Waals surface area contributed by atoms with Crippen LogP contribution in [0.15, 0.2) is 0 Å². The molecular weight excluding hydrogens is 226 g/mol. The van der Waals surface area contributed by atoms with Crippen LogP contribution in [0, 0.1) is 0 Å². The Morgan fingerprint density at radius 3 is 2.78 bits per heavy atom. The van der Waals surface area contributed by atoms with Crippen molar-refractivity contribution in [3.8, 4) is 0 Å². The molecule has 4 nitrogen and oxygen atoms in total. The van der Waals surface area contributed by atoms with E-state index in [1.165, 1.54) is 26.1 Å². The first-order chi connectivity index (χ1) is 8.66. The molecule has 0 aromatic rings. The normalized spacial score (nSPS) is 28.8. The van der Waals surface area contributed by atoms with Gasteiger partial charge in [-0.15, -0.1) is 0 Å². The number of carbonyl (C=O) groups is 1. The third-order valence-corrected chi connectivity index (χ3v) is 4.32. The van der Waals surface area contributed by atoms with E-state index in [4.69, 9.17) is 0 Å². The van der Waals surface area contributed by atoms with Gasteiger partial charge in [0.1, 0.15) is 0 Å². The van der Waals surface area contributed by atoms with Crippen molar-refractivity contribution in [1.29, 1.82) is 0 Å². The minimum Gasteiger partial charge on any atom is -0.356 e. The van der Waals surface area contributed by atoms with Gasteiger partial charge in [-0.05, 0) is 46.2 Å². The first-order valence-corrected chi connectivity index (χ1v) is 7.41. The van der Waals surface area contributed by atoms with Crippen LogP contribution < -0.4 is 5.32 Å². The van der Waals surface area contributed by atoms with Crippen molar-refractivity contribution in [2.75, 3.05) is 32.7 Å². The Kier molecular flexibility index (Phi) is 5.01. The highest BCUT2D eigenvalue weighted by Gasteiger charge is 2.24. The van der Waals surface area contributed by atoms with E-state index in [1.807, 2.05) is 0 Å². The Labute approximate surface area is 111 Å². The predicted octanol–water partition coefficient (Wildman–Crippen LogP) is 1.07. The third kappa shape index (κ3) is 3.69. The number of nitrogens with zero attached hydrogens (tertiary/aromatic N) is 2. The Balaban J connectivity index is 1.87. The van der Waals surface area contributed by atoms with Crippen LogP contribution in [0.5, 0.6) is 0 Å². The summed E-state index contributed by atoms with van der Waals surface area (Å²) in [4.78, 5) is 16.6. The van der Waals surface area contributed by atoms with Crippen LogP contribution in [0.3, 0.4) is 0 Å². The molecule has 104 valence electrons. The summed E-state index contributed by atoms with van der Waals surface area (Å²) < 4.78 is 0. The molecule has 2 heterocycles. The molecule has 0 aliphatic carbocycles. The summed E-state index contributed by atoms with van der Waals surface area (Å²) in [5.74, 6) is 0.233. The van der Waals surface area contributed by atoms with Crippen LogP contribution in [0.1, 0.15) is 39.5 Å². The van der Waals surface area contributed by atoms with E-state index in [-0.39, 0.29) is 5.91 Å². The number of hydrogen-bond donors (Lipinski definition) is 1. The van der Waals surface area contributed by atoms with Gasteiger partial charge in [-0.3, -0.25) is 14.6 Å². The summed E-state index contributed by atoms with van der Waals surface area (Å²) >= 11 is 0. The second kappa shape index (κ2) is 6.53. The molecule has 2 saturated heterocycles. The fraction of sp³-hybridized carbons (Fsp3) is 0.929. The number of rotatable bonds is 2. The van der Waals surface area contributed by atoms with Crippen LogP contribution in [-0.2, 0) is 4.79 Å². The van der Waals surface area contributed by atoms with E-state index in [9.17, 15) is 4.79 Å². The summed E-state index contributed by atoms with van der Waals surface area (Å²) in [6, 6.07) is 1.26. The van der Waals surface area contributed by atoms with E-state index in [0.29, 0.717) is 18.5 Å². The average Bonchev–Trinajstić information content (AvgIpc) is 2.69. The van der Waals surface area contributed by atoms with Gasteiger partial charge < -0.3 is 5.32 Å². The lowest BCUT2D eigenvalue weighted by Crippen LogP contribution is -2.40. The van der Waals surface area contributed by atoms with E-state index in [1.54, 1.807) is 0 Å². The van der Waals surface area contributed by atoms with Gasteiger partial charge in [-0.25, -0.2) is 0 Å². The van der Waals surface area contributed by atoms with Crippen molar-refractivity contribution >= 4 is 5.91 Å². The Hall–Kier alpha value is -0.610. The number of carbonyl (C=O) groups excluding carboxylic acids is 1. The topological polar surface area (TPSA) is 35.6 Å². The van der Waals surface area contributed by atoms with Gasteiger partial charge in [-0.1, -0.05) is 0 Å². The van der Waals surface area contributed by atoms with Crippen LogP contribution in [0.25, 0.3) is 0 Å². The molecule has 0 bridgehead atoms. The monoisotopic (exact) mass is 253 g/mol. The quantitative estimate of drug-likeness (QED) is 0.799. The molecule has 0 radical (unpaired) electrons. The van der Waals surface area contributed by atoms with E-state index in [2.05, 4.69) is 29.0 Å². The van der Waals surface area contributed by atoms with Crippen molar-refractivity contribution in [3.05, 3.63) is 0 Å². The molecule has 1 atom stereocenters. The van der Waals surface area contributed by atoms with Crippen LogP contribution in [0.4, 0.5) is 0 Å². The maximum atomic E-state index is 11.4. The lowest BCUT2D eigenvalue weighted by atomic mass is 10.1. The van der Waals surface area contributed by atoms with Crippen molar-refractivity contribution in [1.82, 2.24) is 15.1 Å². The first-order valence-electron chi connectivity index (χ1n) is 7.41. The van der Waals surface area contributed by atoms with Gasteiger partial charge in [0.15, 0.2) is 0 Å². The summed E-state index contributed by atoms with van der Waals surface area (Å²) in [7, 11) is 0. The molecule has 2 aliphatic heterocycles. The minimum absolute atomic E-state index is 0.233. The lowest BCUT2D eigenvalue weighted by Gasteiger charge is -2.30. The summed E-state index contributed by atoms with van der Waals surface area (Å²) in [5.41, 5.74) is 0. The molecule has 4 heteroatoms. The second-order valence-corrected chi connectivity index (χ2v) is 5.85. The SMILES string of the molecule is CC(C)N1CCCN(C2CCNC(=O)CC2)CC1. The Bertz CT molecular complexity index is 280. The molecule has 0 spiro atoms. The Morgan fingerprint density at radius 2 is 2.00 bits per heavy atom. The summed E-state index contributed by atoms with van der Waals surface area (Å²) in [6.45, 7) is 10.2. The first kappa shape index (κ1) is 13.8. The molecule has 1 amide bonds. The number of hydrogen-bond acceptors (Lipinski definition) is 3. The number of nitrogens with one attached hydrogen (secondary N) is 1. The summed E-state index contributed by atoms with van der Waals surface area (Å²) in [6.07, 6.45) is 4.12. The van der Waals surface area contributed by atoms with Crippen molar-refractivity contribution in [3.63, 3.8) is 0 Å². The van der Waals surface area contributed by atoms with Gasteiger partial charge in [0.25, 0.3) is 0 Å². The Morgan fingerprint density at radius 1 is 1.17 bits per heavy atom. The van der Waals surface area contributed by atoms with Crippen LogP contribution in [-0.4, -0.2) is 60.5 Å². The van der Waals surface area contributed by atoms with Crippen molar-refractivity contribution in [2.24, 2.45) is 0 Å². The van der Waals surface area contributed by atoms with E-state index >= 15 is 0 Å². The minimum atomic E-state index is 0.233. The average molecular weight is 253 g/mol. The fourth-order valence-corrected chi connectivity index (χ4v) is 3.11. The van der Waals surface area contributed by atoms with Gasteiger partial charge in [-0.2, -0.15) is 0 Å². The molecule has 1 N–H and O–H groups in total. The van der Waals surface area contributed by atoms with E-state index < -0.39 is 0 Å². The third-order valence-electron chi connectivity index (χ3n) is 4.32. The molecule has 0 saturated carbocycles. The van der Waals surface area contributed by atoms with Crippen LogP contribution in [0.2, 0.25) is 0 Å². The summed E-state index contributed by atoms with van der Waals surface area (Å²) in [5, 5.41) is 2.98. The molecule has 0 aromatic carbocycles. The van der Waals surface area contributed by atoms with Gasteiger partial charge in [0, 0.05) is 38.1 Å². The van der Waals surface area contributed by atoms with Crippen molar-refractivity contribution in [2.45, 2.75) is 51.6 Å². The van der Waals surface area contributed by atoms with Crippen molar-refractivity contribution < 1.29 is 4.79 Å². The highest BCUT2D eigenvalue weighted by atomic mass is 16.1. The highest BCUT2D eigenvalue weighted by Crippen LogP contribution is 2.17. The molecular formula is C14H27N3O. The van der Waals surface area contributed by atoms with Gasteiger partial charge in [0.05, 0.1) is 0 Å². The maximum Gasteiger partial charge on any atom is 0.220 e.